The Kier molecular flexibility index (Phi) is 10.5. The Balaban J connectivity index is 1.18. The van der Waals surface area contributed by atoms with E-state index in [1.807, 2.05) is 10.6 Å². The first-order valence-corrected chi connectivity index (χ1v) is 24.1. The topological polar surface area (TPSA) is 0 Å². The molecule has 0 bridgehead atoms. The molecule has 2 aromatic carbocycles. The van der Waals surface area contributed by atoms with Crippen LogP contribution in [0.1, 0.15) is 159 Å². The van der Waals surface area contributed by atoms with E-state index >= 15 is 0 Å². The molecule has 0 heterocycles. The fourth-order valence-corrected chi connectivity index (χ4v) is 23.2. The van der Waals surface area contributed by atoms with Crippen LogP contribution in [0.25, 0.3) is 12.2 Å². The first-order chi connectivity index (χ1) is 22.3. The minimum atomic E-state index is -0.298. The summed E-state index contributed by atoms with van der Waals surface area (Å²) in [5.41, 5.74) is 10.7. The molecule has 0 N–H and O–H groups in total. The molecule has 2 aromatic rings. The SMILES string of the molecule is C1=C(P(C2CCCCC2)C2CCCCC2)[CH]([Ti][CH]2C(P(C3CCCCC3)C3CCCCC3)=Cc3ccccc32)c2ccccc21. The Labute approximate surface area is 286 Å². The van der Waals surface area contributed by atoms with Gasteiger partial charge in [-0.2, -0.15) is 0 Å². The standard InChI is InChI=1S/2C21H28P.Ti/c2*1-3-11-19(12-4-1)22(20-13-5-2-6-14-20)21-15-17-9-7-8-10-18(17)16-21;/h2*7-10,15-16,19-20H,1-6,11-14H2;. The van der Waals surface area contributed by atoms with Crippen LogP contribution < -0.4 is 0 Å². The fourth-order valence-electron chi connectivity index (χ4n) is 10.5. The van der Waals surface area contributed by atoms with Crippen LogP contribution in [0.3, 0.4) is 0 Å². The number of hydrogen-bond donors (Lipinski definition) is 0. The van der Waals surface area contributed by atoms with Crippen LogP contribution >= 0.6 is 15.8 Å². The molecule has 0 nitrogen and oxygen atoms in total. The van der Waals surface area contributed by atoms with Crippen LogP contribution in [0, 0.1) is 0 Å². The van der Waals surface area contributed by atoms with Crippen LogP contribution in [-0.2, 0) is 19.2 Å². The molecule has 2 unspecified atom stereocenters. The van der Waals surface area contributed by atoms with E-state index in [-0.39, 0.29) is 35.0 Å². The third-order valence-corrected chi connectivity index (χ3v) is 23.5. The molecule has 2 atom stereocenters. The molecular formula is C42H56P2Ti. The average Bonchev–Trinajstić information content (AvgIpc) is 3.65. The summed E-state index contributed by atoms with van der Waals surface area (Å²) in [7, 11) is -0.0939. The minimum absolute atomic E-state index is 0.0470. The maximum atomic E-state index is 2.83. The van der Waals surface area contributed by atoms with Crippen molar-refractivity contribution in [3.05, 3.63) is 81.4 Å². The van der Waals surface area contributed by atoms with E-state index in [0.29, 0.717) is 0 Å². The van der Waals surface area contributed by atoms with E-state index in [9.17, 15) is 0 Å². The van der Waals surface area contributed by atoms with Crippen LogP contribution in [0.15, 0.2) is 59.2 Å². The quantitative estimate of drug-likeness (QED) is 0.194. The third-order valence-electron chi connectivity index (χ3n) is 12.6. The number of hydrogen-bond acceptors (Lipinski definition) is 0. The molecule has 6 aliphatic rings. The van der Waals surface area contributed by atoms with Crippen molar-refractivity contribution in [2.24, 2.45) is 0 Å². The molecule has 8 rings (SSSR count). The van der Waals surface area contributed by atoms with E-state index < -0.39 is 0 Å². The Morgan fingerprint density at radius 2 is 0.711 bits per heavy atom. The summed E-state index contributed by atoms with van der Waals surface area (Å²) in [6.07, 6.45) is 35.7. The van der Waals surface area contributed by atoms with Gasteiger partial charge in [-0.05, 0) is 0 Å². The molecule has 0 aromatic heterocycles. The zero-order valence-electron chi connectivity index (χ0n) is 27.8. The molecule has 45 heavy (non-hydrogen) atoms. The van der Waals surface area contributed by atoms with Gasteiger partial charge in [0.1, 0.15) is 0 Å². The number of fused-ring (bicyclic) bond motifs is 2. The van der Waals surface area contributed by atoms with Gasteiger partial charge in [0.2, 0.25) is 0 Å². The summed E-state index contributed by atoms with van der Waals surface area (Å²) in [6.45, 7) is 0. The van der Waals surface area contributed by atoms with Crippen LogP contribution in [-0.4, -0.2) is 22.6 Å². The van der Waals surface area contributed by atoms with Crippen molar-refractivity contribution in [3.63, 3.8) is 0 Å². The van der Waals surface area contributed by atoms with Crippen LogP contribution in [0.4, 0.5) is 0 Å². The number of allylic oxidation sites excluding steroid dienone is 2. The summed E-state index contributed by atoms with van der Waals surface area (Å²) < 4.78 is 1.51. The predicted octanol–water partition coefficient (Wildman–Crippen LogP) is 13.6. The third kappa shape index (κ3) is 6.73. The van der Waals surface area contributed by atoms with E-state index in [1.54, 1.807) is 22.3 Å². The van der Waals surface area contributed by atoms with E-state index in [0.717, 1.165) is 31.1 Å². The van der Waals surface area contributed by atoms with Gasteiger partial charge < -0.3 is 0 Å². The molecule has 4 saturated carbocycles. The zero-order valence-corrected chi connectivity index (χ0v) is 31.1. The molecule has 238 valence electrons. The second-order valence-corrected chi connectivity index (χ2v) is 23.3. The summed E-state index contributed by atoms with van der Waals surface area (Å²) >= 11 is -0.298. The molecule has 6 aliphatic carbocycles. The van der Waals surface area contributed by atoms with Crippen molar-refractivity contribution in [3.8, 4) is 0 Å². The van der Waals surface area contributed by atoms with Gasteiger partial charge in [0.05, 0.1) is 0 Å². The van der Waals surface area contributed by atoms with Crippen LogP contribution in [0.2, 0.25) is 0 Å². The van der Waals surface area contributed by atoms with Gasteiger partial charge >= 0.3 is 288 Å². The Bertz CT molecular complexity index is 1210. The Morgan fingerprint density at radius 3 is 1.04 bits per heavy atom. The van der Waals surface area contributed by atoms with Crippen molar-refractivity contribution in [1.82, 2.24) is 0 Å². The molecule has 3 heteroatoms. The van der Waals surface area contributed by atoms with Gasteiger partial charge in [-0.3, -0.25) is 0 Å². The van der Waals surface area contributed by atoms with Crippen LogP contribution in [0.5, 0.6) is 0 Å². The molecular weight excluding hydrogens is 614 g/mol. The number of rotatable bonds is 8. The van der Waals surface area contributed by atoms with E-state index in [4.69, 9.17) is 0 Å². The molecule has 0 aliphatic heterocycles. The number of benzene rings is 2. The van der Waals surface area contributed by atoms with Gasteiger partial charge in [-0.25, -0.2) is 0 Å². The fraction of sp³-hybridized carbons (Fsp3) is 0.619. The van der Waals surface area contributed by atoms with Gasteiger partial charge in [-0.15, -0.1) is 0 Å². The molecule has 0 saturated heterocycles. The average molecular weight is 671 g/mol. The van der Waals surface area contributed by atoms with Crippen molar-refractivity contribution >= 4 is 28.0 Å². The first-order valence-electron chi connectivity index (χ1n) is 19.3. The van der Waals surface area contributed by atoms with Gasteiger partial charge in [0, 0.05) is 0 Å². The molecule has 0 spiro atoms. The van der Waals surface area contributed by atoms with Crippen molar-refractivity contribution < 1.29 is 19.2 Å². The van der Waals surface area contributed by atoms with Gasteiger partial charge in [0.25, 0.3) is 0 Å². The normalized spacial score (nSPS) is 27.0. The molecule has 4 fully saturated rings. The van der Waals surface area contributed by atoms with Gasteiger partial charge in [0.15, 0.2) is 0 Å². The summed E-state index contributed by atoms with van der Waals surface area (Å²) in [5, 5.41) is 4.02. The summed E-state index contributed by atoms with van der Waals surface area (Å²) in [4.78, 5) is 0. The van der Waals surface area contributed by atoms with Crippen molar-refractivity contribution in [1.29, 1.82) is 0 Å². The maximum absolute atomic E-state index is 2.83. The van der Waals surface area contributed by atoms with Gasteiger partial charge in [-0.1, -0.05) is 0 Å². The van der Waals surface area contributed by atoms with E-state index in [2.05, 4.69) is 60.7 Å². The Morgan fingerprint density at radius 1 is 0.400 bits per heavy atom. The summed E-state index contributed by atoms with van der Waals surface area (Å²) in [5.74, 6) is 0. The van der Waals surface area contributed by atoms with Crippen molar-refractivity contribution in [2.75, 3.05) is 0 Å². The van der Waals surface area contributed by atoms with Crippen molar-refractivity contribution in [2.45, 2.75) is 159 Å². The molecule has 0 amide bonds. The molecule has 0 radical (unpaired) electrons. The second kappa shape index (κ2) is 14.9. The van der Waals surface area contributed by atoms with E-state index in [1.165, 1.54) is 128 Å². The zero-order chi connectivity index (χ0) is 30.0. The Hall–Kier alpha value is -0.506. The summed E-state index contributed by atoms with van der Waals surface area (Å²) in [6, 6.07) is 19.6. The second-order valence-electron chi connectivity index (χ2n) is 15.4. The predicted molar refractivity (Wildman–Crippen MR) is 196 cm³/mol. The first kappa shape index (κ1) is 31.7. The monoisotopic (exact) mass is 670 g/mol.